The Kier molecular flexibility index (Phi) is 10.0. The van der Waals surface area contributed by atoms with Gasteiger partial charge in [0.05, 0.1) is 31.5 Å². The fourth-order valence-electron chi connectivity index (χ4n) is 4.64. The first kappa shape index (κ1) is 29.5. The molecule has 0 aliphatic carbocycles. The molecule has 15 atom stereocenters. The summed E-state index contributed by atoms with van der Waals surface area (Å²) in [7, 11) is 0. The quantitative estimate of drug-likeness (QED) is 0.150. The van der Waals surface area contributed by atoms with Crippen LogP contribution in [-0.2, 0) is 28.5 Å². The second-order valence-electron chi connectivity index (χ2n) is 9.37. The van der Waals surface area contributed by atoms with Crippen LogP contribution in [0.1, 0.15) is 20.8 Å². The smallest absolute Gasteiger partial charge is 0.217 e. The summed E-state index contributed by atoms with van der Waals surface area (Å²) in [5.74, 6) is -0.480. The standard InChI is InChI=1S/C21H37NO14/c1-6-11(22-8(3)25)19(36-20-16(30)14(28)12(26)7(2)33-20)18(10(5-24)32-6)35-21-17(31)15(29)13(27)9(4-23)34-21/h6-7,9-21,23-24,26-31H,4-5H2,1-3H3,(H,22,25)/t6-,7?,9?,10?,11?,12+,13-,14?,15?,16?,17?,18+,19?,20-,21-/m0/s1. The van der Waals surface area contributed by atoms with E-state index in [9.17, 15) is 45.6 Å². The molecule has 9 N–H and O–H groups in total. The molecule has 3 aliphatic heterocycles. The monoisotopic (exact) mass is 527 g/mol. The molecule has 1 amide bonds. The van der Waals surface area contributed by atoms with Crippen LogP contribution in [0.15, 0.2) is 0 Å². The van der Waals surface area contributed by atoms with E-state index in [1.54, 1.807) is 6.92 Å². The minimum Gasteiger partial charge on any atom is -0.394 e. The van der Waals surface area contributed by atoms with E-state index in [1.807, 2.05) is 0 Å². The van der Waals surface area contributed by atoms with E-state index in [0.717, 1.165) is 0 Å². The van der Waals surface area contributed by atoms with Gasteiger partial charge in [-0.3, -0.25) is 4.79 Å². The van der Waals surface area contributed by atoms with E-state index >= 15 is 0 Å². The van der Waals surface area contributed by atoms with Crippen LogP contribution in [0.4, 0.5) is 0 Å². The van der Waals surface area contributed by atoms with Crippen molar-refractivity contribution in [3.8, 4) is 0 Å². The maximum absolute atomic E-state index is 11.9. The van der Waals surface area contributed by atoms with Crippen LogP contribution in [0, 0.1) is 0 Å². The highest BCUT2D eigenvalue weighted by molar-refractivity contribution is 5.73. The number of aliphatic hydroxyl groups is 8. The average molecular weight is 528 g/mol. The first-order valence-electron chi connectivity index (χ1n) is 11.8. The van der Waals surface area contributed by atoms with Gasteiger partial charge in [0, 0.05) is 6.92 Å². The number of aliphatic hydroxyl groups excluding tert-OH is 8. The third kappa shape index (κ3) is 5.99. The highest BCUT2D eigenvalue weighted by atomic mass is 16.7. The van der Waals surface area contributed by atoms with Crippen molar-refractivity contribution in [3.63, 3.8) is 0 Å². The molecule has 15 nitrogen and oxygen atoms in total. The Balaban J connectivity index is 1.92. The maximum atomic E-state index is 11.9. The van der Waals surface area contributed by atoms with E-state index in [4.69, 9.17) is 23.7 Å². The molecule has 0 aromatic heterocycles. The van der Waals surface area contributed by atoms with E-state index in [-0.39, 0.29) is 0 Å². The van der Waals surface area contributed by atoms with E-state index in [0.29, 0.717) is 0 Å². The van der Waals surface area contributed by atoms with Gasteiger partial charge in [0.25, 0.3) is 0 Å². The summed E-state index contributed by atoms with van der Waals surface area (Å²) < 4.78 is 28.5. The Hall–Kier alpha value is -1.05. The van der Waals surface area contributed by atoms with Crippen molar-refractivity contribution in [2.24, 2.45) is 0 Å². The van der Waals surface area contributed by atoms with Crippen molar-refractivity contribution in [2.45, 2.75) is 113 Å². The zero-order chi connectivity index (χ0) is 26.9. The molecule has 0 aromatic rings. The van der Waals surface area contributed by atoms with Gasteiger partial charge in [-0.05, 0) is 13.8 Å². The summed E-state index contributed by atoms with van der Waals surface area (Å²) in [6, 6.07) is -0.963. The van der Waals surface area contributed by atoms with Gasteiger partial charge in [-0.15, -0.1) is 0 Å². The van der Waals surface area contributed by atoms with Crippen molar-refractivity contribution in [2.75, 3.05) is 13.2 Å². The second kappa shape index (κ2) is 12.2. The fraction of sp³-hybridized carbons (Fsp3) is 0.952. The zero-order valence-corrected chi connectivity index (χ0v) is 20.1. The highest BCUT2D eigenvalue weighted by Gasteiger charge is 2.53. The lowest BCUT2D eigenvalue weighted by Gasteiger charge is -2.50. The SMILES string of the molecule is CC(=O)NC1C(O[C@@H]2OC(C)[C@@H](O)C(O)C2O)[C@H](O[C@@H]2OC(CO)[C@H](O)C(O)C2O)C(CO)O[C@H]1C. The van der Waals surface area contributed by atoms with Crippen LogP contribution in [0.3, 0.4) is 0 Å². The highest BCUT2D eigenvalue weighted by Crippen LogP contribution is 2.33. The Bertz CT molecular complexity index is 729. The molecular formula is C21H37NO14. The average Bonchev–Trinajstić information content (AvgIpc) is 2.84. The largest absolute Gasteiger partial charge is 0.394 e. The molecule has 9 unspecified atom stereocenters. The summed E-state index contributed by atoms with van der Waals surface area (Å²) >= 11 is 0. The molecule has 0 aromatic carbocycles. The van der Waals surface area contributed by atoms with Gasteiger partial charge in [0.2, 0.25) is 5.91 Å². The van der Waals surface area contributed by atoms with Crippen molar-refractivity contribution in [3.05, 3.63) is 0 Å². The molecule has 3 fully saturated rings. The van der Waals surface area contributed by atoms with E-state index in [2.05, 4.69) is 5.32 Å². The van der Waals surface area contributed by atoms with Gasteiger partial charge in [-0.2, -0.15) is 0 Å². The minimum atomic E-state index is -1.78. The van der Waals surface area contributed by atoms with E-state index < -0.39 is 111 Å². The van der Waals surface area contributed by atoms with Crippen molar-refractivity contribution in [1.29, 1.82) is 0 Å². The van der Waals surface area contributed by atoms with Gasteiger partial charge >= 0.3 is 0 Å². The molecule has 0 bridgehead atoms. The first-order valence-corrected chi connectivity index (χ1v) is 11.8. The predicted octanol–water partition coefficient (Wildman–Crippen LogP) is -5.33. The molecule has 3 aliphatic rings. The summed E-state index contributed by atoms with van der Waals surface area (Å²) in [5, 5.41) is 83.4. The molecule has 3 heterocycles. The number of nitrogens with one attached hydrogen (secondary N) is 1. The molecule has 36 heavy (non-hydrogen) atoms. The summed E-state index contributed by atoms with van der Waals surface area (Å²) in [6.07, 6.45) is -19.7. The zero-order valence-electron chi connectivity index (χ0n) is 20.1. The normalized spacial score (nSPS) is 50.0. The molecule has 3 rings (SSSR count). The van der Waals surface area contributed by atoms with Crippen LogP contribution in [0.25, 0.3) is 0 Å². The fourth-order valence-corrected chi connectivity index (χ4v) is 4.64. The Morgan fingerprint density at radius 3 is 1.78 bits per heavy atom. The number of rotatable bonds is 7. The lowest BCUT2D eigenvalue weighted by Crippen LogP contribution is -2.69. The molecule has 0 saturated carbocycles. The third-order valence-electron chi connectivity index (χ3n) is 6.73. The molecule has 210 valence electrons. The van der Waals surface area contributed by atoms with Gasteiger partial charge in [-0.1, -0.05) is 0 Å². The number of carbonyl (C=O) groups excluding carboxylic acids is 1. The third-order valence-corrected chi connectivity index (χ3v) is 6.73. The molecular weight excluding hydrogens is 490 g/mol. The summed E-state index contributed by atoms with van der Waals surface area (Å²) in [4.78, 5) is 11.9. The number of ether oxygens (including phenoxy) is 5. The van der Waals surface area contributed by atoms with Crippen molar-refractivity contribution >= 4 is 5.91 Å². The number of amides is 1. The van der Waals surface area contributed by atoms with Crippen molar-refractivity contribution in [1.82, 2.24) is 5.32 Å². The Morgan fingerprint density at radius 1 is 0.694 bits per heavy atom. The lowest BCUT2D eigenvalue weighted by atomic mass is 9.92. The van der Waals surface area contributed by atoms with Crippen LogP contribution in [0.5, 0.6) is 0 Å². The van der Waals surface area contributed by atoms with Crippen LogP contribution < -0.4 is 5.32 Å². The van der Waals surface area contributed by atoms with Crippen LogP contribution in [-0.4, -0.2) is 152 Å². The van der Waals surface area contributed by atoms with Gasteiger partial charge in [0.15, 0.2) is 12.6 Å². The minimum absolute atomic E-state index is 0.480. The van der Waals surface area contributed by atoms with Crippen LogP contribution in [0.2, 0.25) is 0 Å². The lowest BCUT2D eigenvalue weighted by molar-refractivity contribution is -0.360. The maximum Gasteiger partial charge on any atom is 0.217 e. The number of carbonyl (C=O) groups is 1. The Morgan fingerprint density at radius 2 is 1.22 bits per heavy atom. The van der Waals surface area contributed by atoms with Gasteiger partial charge in [-0.25, -0.2) is 0 Å². The molecule has 0 spiro atoms. The summed E-state index contributed by atoms with van der Waals surface area (Å²) in [5.41, 5.74) is 0. The molecule has 15 heteroatoms. The van der Waals surface area contributed by atoms with E-state index in [1.165, 1.54) is 13.8 Å². The number of hydrogen-bond acceptors (Lipinski definition) is 14. The number of hydrogen-bond donors (Lipinski definition) is 9. The second-order valence-corrected chi connectivity index (χ2v) is 9.37. The molecule has 0 radical (unpaired) electrons. The van der Waals surface area contributed by atoms with Crippen LogP contribution >= 0.6 is 0 Å². The Labute approximate surface area is 207 Å². The topological polar surface area (TPSA) is 237 Å². The van der Waals surface area contributed by atoms with Gasteiger partial charge < -0.3 is 69.9 Å². The first-order chi connectivity index (χ1) is 16.9. The predicted molar refractivity (Wildman–Crippen MR) is 115 cm³/mol. The molecule has 3 saturated heterocycles. The van der Waals surface area contributed by atoms with Crippen molar-refractivity contribution < 1.29 is 69.3 Å². The summed E-state index contributed by atoms with van der Waals surface area (Å²) in [6.45, 7) is 2.95. The van der Waals surface area contributed by atoms with Gasteiger partial charge in [0.1, 0.15) is 61.0 Å².